The summed E-state index contributed by atoms with van der Waals surface area (Å²) < 4.78 is 33.0. The Morgan fingerprint density at radius 1 is 1.38 bits per heavy atom. The number of benzene rings is 1. The number of ether oxygens (including phenoxy) is 1. The molecule has 0 fully saturated rings. The van der Waals surface area contributed by atoms with Crippen molar-refractivity contribution in [2.75, 3.05) is 0 Å². The molecule has 1 aliphatic rings. The number of aliphatic hydroxyl groups is 1. The second-order valence-electron chi connectivity index (χ2n) is 4.30. The third-order valence-corrected chi connectivity index (χ3v) is 4.95. The lowest BCUT2D eigenvalue weighted by atomic mass is 10.1. The van der Waals surface area contributed by atoms with Gasteiger partial charge in [0, 0.05) is 22.7 Å². The van der Waals surface area contributed by atoms with Crippen molar-refractivity contribution >= 4 is 39.3 Å². The lowest BCUT2D eigenvalue weighted by molar-refractivity contribution is -0.0314. The maximum atomic E-state index is 13.5. The number of fused-ring (bicyclic) bond motifs is 1. The van der Waals surface area contributed by atoms with Crippen molar-refractivity contribution in [3.8, 4) is 11.5 Å². The van der Waals surface area contributed by atoms with Gasteiger partial charge in [0.25, 0.3) is 0 Å². The van der Waals surface area contributed by atoms with E-state index in [0.29, 0.717) is 33.2 Å². The van der Waals surface area contributed by atoms with Crippen molar-refractivity contribution in [1.29, 1.82) is 0 Å². The molecule has 1 aromatic heterocycles. The number of alkyl halides is 2. The average molecular weight is 395 g/mol. The topological polar surface area (TPSA) is 42.4 Å². The fraction of sp³-hybridized carbons (Fsp3) is 0.154. The van der Waals surface area contributed by atoms with Crippen LogP contribution in [0.2, 0.25) is 5.02 Å². The molecule has 1 aliphatic heterocycles. The molecule has 21 heavy (non-hydrogen) atoms. The molecular weight excluding hydrogens is 388 g/mol. The smallest absolute Gasteiger partial charge is 0.327 e. The molecule has 1 N–H and O–H groups in total. The number of halogens is 4. The highest BCUT2D eigenvalue weighted by atomic mass is 79.9. The first-order valence-corrected chi connectivity index (χ1v) is 7.73. The van der Waals surface area contributed by atoms with Crippen molar-refractivity contribution in [1.82, 2.24) is 4.98 Å². The van der Waals surface area contributed by atoms with Crippen molar-refractivity contribution in [3.63, 3.8) is 0 Å². The normalized spacial score (nSPS) is 19.4. The van der Waals surface area contributed by atoms with E-state index >= 15 is 0 Å². The summed E-state index contributed by atoms with van der Waals surface area (Å²) in [7, 11) is 0. The van der Waals surface area contributed by atoms with Gasteiger partial charge in [0.05, 0.1) is 15.7 Å². The minimum absolute atomic E-state index is 0.123. The highest BCUT2D eigenvalue weighted by Gasteiger charge is 2.49. The first-order valence-electron chi connectivity index (χ1n) is 5.74. The van der Waals surface area contributed by atoms with Gasteiger partial charge in [-0.15, -0.1) is 0 Å². The van der Waals surface area contributed by atoms with E-state index in [1.807, 2.05) is 0 Å². The van der Waals surface area contributed by atoms with E-state index in [1.165, 1.54) is 18.5 Å². The van der Waals surface area contributed by atoms with Crippen LogP contribution in [0.3, 0.4) is 0 Å². The Hall–Kier alpha value is -0.890. The standard InChI is InChI=1S/C13H7BrClF2NO2S/c14-11-8(20-7-3-6(15)4-18-5-7)1-2-9-10(11)12(19)13(16,17)21-9/h1-5,12,19H. The van der Waals surface area contributed by atoms with E-state index in [-0.39, 0.29) is 10.0 Å². The van der Waals surface area contributed by atoms with Gasteiger partial charge >= 0.3 is 5.25 Å². The molecule has 0 bridgehead atoms. The van der Waals surface area contributed by atoms with Gasteiger partial charge in [0.2, 0.25) is 0 Å². The molecule has 0 amide bonds. The molecule has 110 valence electrons. The Labute approximate surface area is 136 Å². The van der Waals surface area contributed by atoms with Crippen molar-refractivity contribution in [3.05, 3.63) is 45.7 Å². The van der Waals surface area contributed by atoms with Crippen LogP contribution >= 0.6 is 39.3 Å². The number of hydrogen-bond acceptors (Lipinski definition) is 4. The Morgan fingerprint density at radius 2 is 2.14 bits per heavy atom. The van der Waals surface area contributed by atoms with Crippen molar-refractivity contribution in [2.24, 2.45) is 0 Å². The third-order valence-electron chi connectivity index (χ3n) is 2.85. The van der Waals surface area contributed by atoms with Crippen LogP contribution in [0.1, 0.15) is 11.7 Å². The maximum Gasteiger partial charge on any atom is 0.327 e. The number of rotatable bonds is 2. The zero-order chi connectivity index (χ0) is 15.2. The van der Waals surface area contributed by atoms with E-state index < -0.39 is 11.4 Å². The first-order chi connectivity index (χ1) is 9.88. The van der Waals surface area contributed by atoms with Crippen molar-refractivity contribution < 1.29 is 18.6 Å². The Kier molecular flexibility index (Phi) is 3.85. The SMILES string of the molecule is OC1c2c(ccc(Oc3cncc(Cl)c3)c2Br)SC1(F)F. The zero-order valence-electron chi connectivity index (χ0n) is 10.2. The second-order valence-corrected chi connectivity index (χ2v) is 6.71. The molecule has 1 unspecified atom stereocenters. The Balaban J connectivity index is 1.98. The lowest BCUT2D eigenvalue weighted by Gasteiger charge is -2.14. The summed E-state index contributed by atoms with van der Waals surface area (Å²) in [6, 6.07) is 4.58. The van der Waals surface area contributed by atoms with Gasteiger partial charge in [-0.1, -0.05) is 11.6 Å². The molecule has 1 atom stereocenters. The van der Waals surface area contributed by atoms with E-state index in [1.54, 1.807) is 12.1 Å². The Morgan fingerprint density at radius 3 is 2.86 bits per heavy atom. The van der Waals surface area contributed by atoms with Crippen LogP contribution in [0.5, 0.6) is 11.5 Å². The van der Waals surface area contributed by atoms with E-state index in [4.69, 9.17) is 16.3 Å². The minimum atomic E-state index is -3.25. The third kappa shape index (κ3) is 2.75. The molecule has 3 nitrogen and oxygen atoms in total. The lowest BCUT2D eigenvalue weighted by Crippen LogP contribution is -2.16. The van der Waals surface area contributed by atoms with E-state index in [9.17, 15) is 13.9 Å². The molecule has 2 heterocycles. The first kappa shape index (κ1) is 15.0. The van der Waals surface area contributed by atoms with Crippen LogP contribution in [-0.4, -0.2) is 15.3 Å². The monoisotopic (exact) mass is 393 g/mol. The molecule has 0 saturated heterocycles. The average Bonchev–Trinajstić information content (AvgIpc) is 2.64. The highest BCUT2D eigenvalue weighted by molar-refractivity contribution is 9.10. The summed E-state index contributed by atoms with van der Waals surface area (Å²) >= 11 is 9.35. The molecule has 8 heteroatoms. The van der Waals surface area contributed by atoms with Gasteiger partial charge in [-0.2, -0.15) is 8.78 Å². The molecular formula is C13H7BrClF2NO2S. The number of hydrogen-bond donors (Lipinski definition) is 1. The van der Waals surface area contributed by atoms with Crippen LogP contribution in [0.4, 0.5) is 8.78 Å². The molecule has 1 aromatic carbocycles. The molecule has 2 aromatic rings. The maximum absolute atomic E-state index is 13.5. The summed E-state index contributed by atoms with van der Waals surface area (Å²) in [5.74, 6) is 0.671. The van der Waals surface area contributed by atoms with Crippen LogP contribution < -0.4 is 4.74 Å². The number of thioether (sulfide) groups is 1. The molecule has 0 radical (unpaired) electrons. The van der Waals surface area contributed by atoms with Crippen molar-refractivity contribution in [2.45, 2.75) is 16.3 Å². The van der Waals surface area contributed by atoms with Crippen LogP contribution in [0.15, 0.2) is 40.0 Å². The predicted molar refractivity (Wildman–Crippen MR) is 79.2 cm³/mol. The van der Waals surface area contributed by atoms with Gasteiger partial charge in [-0.05, 0) is 39.8 Å². The summed E-state index contributed by atoms with van der Waals surface area (Å²) in [6.45, 7) is 0. The summed E-state index contributed by atoms with van der Waals surface area (Å²) in [6.07, 6.45) is 1.02. The molecule has 0 saturated carbocycles. The molecule has 0 aliphatic carbocycles. The number of nitrogens with zero attached hydrogens (tertiary/aromatic N) is 1. The van der Waals surface area contributed by atoms with E-state index in [0.717, 1.165) is 0 Å². The fourth-order valence-corrected chi connectivity index (χ4v) is 3.84. The van der Waals surface area contributed by atoms with Gasteiger partial charge < -0.3 is 9.84 Å². The summed E-state index contributed by atoms with van der Waals surface area (Å²) in [4.78, 5) is 4.19. The van der Waals surface area contributed by atoms with Crippen LogP contribution in [0.25, 0.3) is 0 Å². The van der Waals surface area contributed by atoms with Crippen LogP contribution in [0, 0.1) is 0 Å². The number of aliphatic hydroxyl groups excluding tert-OH is 1. The highest BCUT2D eigenvalue weighted by Crippen LogP contribution is 2.57. The van der Waals surface area contributed by atoms with E-state index in [2.05, 4.69) is 20.9 Å². The van der Waals surface area contributed by atoms with Gasteiger partial charge in [-0.25, -0.2) is 0 Å². The van der Waals surface area contributed by atoms with Gasteiger partial charge in [0.15, 0.2) is 6.10 Å². The quantitative estimate of drug-likeness (QED) is 0.776. The van der Waals surface area contributed by atoms with Gasteiger partial charge in [-0.3, -0.25) is 4.98 Å². The summed E-state index contributed by atoms with van der Waals surface area (Å²) in [5, 5.41) is 6.88. The molecule has 0 spiro atoms. The largest absolute Gasteiger partial charge is 0.454 e. The Bertz CT molecular complexity index is 717. The van der Waals surface area contributed by atoms with Gasteiger partial charge in [0.1, 0.15) is 11.5 Å². The number of aromatic nitrogens is 1. The second kappa shape index (κ2) is 5.39. The zero-order valence-corrected chi connectivity index (χ0v) is 13.3. The summed E-state index contributed by atoms with van der Waals surface area (Å²) in [5.41, 5.74) is 0.123. The minimum Gasteiger partial charge on any atom is -0.454 e. The predicted octanol–water partition coefficient (Wildman–Crippen LogP) is 5.02. The number of pyridine rings is 1. The fourth-order valence-electron chi connectivity index (χ4n) is 1.92. The van der Waals surface area contributed by atoms with Crippen LogP contribution in [-0.2, 0) is 0 Å². The molecule has 3 rings (SSSR count).